The van der Waals surface area contributed by atoms with Crippen molar-refractivity contribution in [3.05, 3.63) is 75.3 Å². The molecule has 130 valence electrons. The van der Waals surface area contributed by atoms with E-state index >= 15 is 0 Å². The first-order valence-electron chi connectivity index (χ1n) is 7.70. The van der Waals surface area contributed by atoms with Crippen LogP contribution >= 0.6 is 0 Å². The quantitative estimate of drug-likeness (QED) is 0.473. The van der Waals surface area contributed by atoms with Gasteiger partial charge in [0.1, 0.15) is 0 Å². The Bertz CT molecular complexity index is 789. The molecule has 1 amide bonds. The minimum atomic E-state index is -0.780. The standard InChI is InChI=1S/C18H18N2O5/c1-13-5-2-3-6-14(13)9-10-19-17(21)12-25-18(22)15-7-4-8-16(11-15)20(23)24/h2-8,11H,9-10,12H2,1H3,(H,19,21). The molecule has 0 aliphatic carbocycles. The average Bonchev–Trinajstić information content (AvgIpc) is 2.61. The first-order valence-corrected chi connectivity index (χ1v) is 7.70. The van der Waals surface area contributed by atoms with Gasteiger partial charge in [-0.05, 0) is 30.5 Å². The summed E-state index contributed by atoms with van der Waals surface area (Å²) in [5, 5.41) is 13.4. The molecular formula is C18H18N2O5. The van der Waals surface area contributed by atoms with E-state index < -0.39 is 23.4 Å². The first-order chi connectivity index (χ1) is 12.0. The van der Waals surface area contributed by atoms with Crippen molar-refractivity contribution in [3.8, 4) is 0 Å². The Morgan fingerprint density at radius 1 is 1.16 bits per heavy atom. The molecule has 0 spiro atoms. The van der Waals surface area contributed by atoms with E-state index in [0.717, 1.165) is 17.2 Å². The van der Waals surface area contributed by atoms with E-state index in [1.165, 1.54) is 18.2 Å². The van der Waals surface area contributed by atoms with Crippen LogP contribution in [0.25, 0.3) is 0 Å². The molecule has 0 saturated carbocycles. The normalized spacial score (nSPS) is 10.1. The number of amides is 1. The monoisotopic (exact) mass is 342 g/mol. The second kappa shape index (κ2) is 8.58. The van der Waals surface area contributed by atoms with Crippen LogP contribution in [0.4, 0.5) is 5.69 Å². The van der Waals surface area contributed by atoms with Crippen molar-refractivity contribution in [1.29, 1.82) is 0 Å². The topological polar surface area (TPSA) is 98.5 Å². The van der Waals surface area contributed by atoms with Gasteiger partial charge in [0, 0.05) is 18.7 Å². The fourth-order valence-corrected chi connectivity index (χ4v) is 2.24. The molecule has 2 rings (SSSR count). The highest BCUT2D eigenvalue weighted by atomic mass is 16.6. The molecule has 7 heteroatoms. The maximum Gasteiger partial charge on any atom is 0.338 e. The summed E-state index contributed by atoms with van der Waals surface area (Å²) in [7, 11) is 0. The van der Waals surface area contributed by atoms with Crippen molar-refractivity contribution >= 4 is 17.6 Å². The number of nitro benzene ring substituents is 1. The molecule has 0 heterocycles. The van der Waals surface area contributed by atoms with Gasteiger partial charge in [-0.15, -0.1) is 0 Å². The third-order valence-corrected chi connectivity index (χ3v) is 3.60. The molecule has 0 fully saturated rings. The maximum atomic E-state index is 11.8. The summed E-state index contributed by atoms with van der Waals surface area (Å²) in [4.78, 5) is 33.7. The van der Waals surface area contributed by atoms with Crippen molar-refractivity contribution in [2.75, 3.05) is 13.2 Å². The number of nitrogens with zero attached hydrogens (tertiary/aromatic N) is 1. The smallest absolute Gasteiger partial charge is 0.338 e. The van der Waals surface area contributed by atoms with Gasteiger partial charge in [-0.3, -0.25) is 14.9 Å². The summed E-state index contributed by atoms with van der Waals surface area (Å²) in [5.41, 5.74) is 2.10. The Kier molecular flexibility index (Phi) is 6.22. The van der Waals surface area contributed by atoms with Crippen molar-refractivity contribution in [1.82, 2.24) is 5.32 Å². The fourth-order valence-electron chi connectivity index (χ4n) is 2.24. The summed E-state index contributed by atoms with van der Waals surface area (Å²) in [6.45, 7) is 1.99. The zero-order valence-electron chi connectivity index (χ0n) is 13.7. The zero-order valence-corrected chi connectivity index (χ0v) is 13.7. The van der Waals surface area contributed by atoms with Crippen LogP contribution in [0.3, 0.4) is 0 Å². The molecule has 25 heavy (non-hydrogen) atoms. The number of nitrogens with one attached hydrogen (secondary N) is 1. The number of esters is 1. The summed E-state index contributed by atoms with van der Waals surface area (Å²) in [6.07, 6.45) is 0.678. The molecule has 0 atom stereocenters. The number of carbonyl (C=O) groups is 2. The van der Waals surface area contributed by atoms with E-state index in [9.17, 15) is 19.7 Å². The van der Waals surface area contributed by atoms with Gasteiger partial charge < -0.3 is 10.1 Å². The van der Waals surface area contributed by atoms with Gasteiger partial charge in [0.25, 0.3) is 11.6 Å². The van der Waals surface area contributed by atoms with Gasteiger partial charge in [-0.2, -0.15) is 0 Å². The van der Waals surface area contributed by atoms with Crippen LogP contribution in [0.5, 0.6) is 0 Å². The summed E-state index contributed by atoms with van der Waals surface area (Å²) in [6, 6.07) is 13.0. The molecule has 0 saturated heterocycles. The van der Waals surface area contributed by atoms with E-state index in [1.54, 1.807) is 0 Å². The Hall–Kier alpha value is -3.22. The number of benzene rings is 2. The fraction of sp³-hybridized carbons (Fsp3) is 0.222. The number of non-ortho nitro benzene ring substituents is 1. The highest BCUT2D eigenvalue weighted by Gasteiger charge is 2.14. The second-order valence-corrected chi connectivity index (χ2v) is 5.41. The summed E-state index contributed by atoms with van der Waals surface area (Å²) >= 11 is 0. The van der Waals surface area contributed by atoms with Crippen LogP contribution in [0.1, 0.15) is 21.5 Å². The summed E-state index contributed by atoms with van der Waals surface area (Å²) in [5.74, 6) is -1.20. The van der Waals surface area contributed by atoms with Crippen LogP contribution in [0.15, 0.2) is 48.5 Å². The summed E-state index contributed by atoms with van der Waals surface area (Å²) < 4.78 is 4.88. The van der Waals surface area contributed by atoms with Crippen molar-refractivity contribution < 1.29 is 19.2 Å². The third kappa shape index (κ3) is 5.42. The van der Waals surface area contributed by atoms with Gasteiger partial charge >= 0.3 is 5.97 Å². The highest BCUT2D eigenvalue weighted by molar-refractivity contribution is 5.91. The number of aryl methyl sites for hydroxylation is 1. The third-order valence-electron chi connectivity index (χ3n) is 3.60. The second-order valence-electron chi connectivity index (χ2n) is 5.41. The Balaban J connectivity index is 1.78. The molecule has 0 aliphatic rings. The van der Waals surface area contributed by atoms with Crippen molar-refractivity contribution in [2.45, 2.75) is 13.3 Å². The van der Waals surface area contributed by atoms with Gasteiger partial charge in [0.15, 0.2) is 6.61 Å². The molecule has 2 aromatic rings. The van der Waals surface area contributed by atoms with Crippen LogP contribution in [-0.2, 0) is 16.0 Å². The lowest BCUT2D eigenvalue weighted by atomic mass is 10.1. The Morgan fingerprint density at radius 3 is 2.64 bits per heavy atom. The van der Waals surface area contributed by atoms with Crippen LogP contribution in [-0.4, -0.2) is 30.0 Å². The number of carbonyl (C=O) groups excluding carboxylic acids is 2. The van der Waals surface area contributed by atoms with E-state index in [1.807, 2.05) is 31.2 Å². The Morgan fingerprint density at radius 2 is 1.92 bits per heavy atom. The number of hydrogen-bond acceptors (Lipinski definition) is 5. The lowest BCUT2D eigenvalue weighted by Crippen LogP contribution is -2.30. The zero-order chi connectivity index (χ0) is 18.2. The van der Waals surface area contributed by atoms with Crippen molar-refractivity contribution in [3.63, 3.8) is 0 Å². The lowest BCUT2D eigenvalue weighted by molar-refractivity contribution is -0.384. The predicted molar refractivity (Wildman–Crippen MR) is 91.3 cm³/mol. The number of nitro groups is 1. The molecule has 0 radical (unpaired) electrons. The van der Waals surface area contributed by atoms with E-state index in [2.05, 4.69) is 5.32 Å². The largest absolute Gasteiger partial charge is 0.452 e. The van der Waals surface area contributed by atoms with Crippen molar-refractivity contribution in [2.24, 2.45) is 0 Å². The van der Waals surface area contributed by atoms with Crippen LogP contribution in [0, 0.1) is 17.0 Å². The first kappa shape index (κ1) is 18.1. The van der Waals surface area contributed by atoms with E-state index in [0.29, 0.717) is 13.0 Å². The minimum absolute atomic E-state index is 0.0295. The molecule has 0 aliphatic heterocycles. The average molecular weight is 342 g/mol. The predicted octanol–water partition coefficient (Wildman–Crippen LogP) is 2.42. The molecule has 2 aromatic carbocycles. The number of rotatable bonds is 7. The molecule has 0 aromatic heterocycles. The maximum absolute atomic E-state index is 11.8. The van der Waals surface area contributed by atoms with Crippen LogP contribution in [0.2, 0.25) is 0 Å². The number of hydrogen-bond donors (Lipinski definition) is 1. The van der Waals surface area contributed by atoms with E-state index in [-0.39, 0.29) is 11.3 Å². The molecule has 1 N–H and O–H groups in total. The minimum Gasteiger partial charge on any atom is -0.452 e. The molecule has 0 bridgehead atoms. The van der Waals surface area contributed by atoms with Gasteiger partial charge in [0.05, 0.1) is 10.5 Å². The number of ether oxygens (including phenoxy) is 1. The molecule has 7 nitrogen and oxygen atoms in total. The van der Waals surface area contributed by atoms with Gasteiger partial charge in [-0.25, -0.2) is 4.79 Å². The molecular weight excluding hydrogens is 324 g/mol. The molecule has 0 unspecified atom stereocenters. The SMILES string of the molecule is Cc1ccccc1CCNC(=O)COC(=O)c1cccc([N+](=O)[O-])c1. The Labute approximate surface area is 144 Å². The van der Waals surface area contributed by atoms with E-state index in [4.69, 9.17) is 4.74 Å². The lowest BCUT2D eigenvalue weighted by Gasteiger charge is -2.08. The van der Waals surface area contributed by atoms with Crippen LogP contribution < -0.4 is 5.32 Å². The van der Waals surface area contributed by atoms with Gasteiger partial charge in [0.2, 0.25) is 0 Å². The van der Waals surface area contributed by atoms with Gasteiger partial charge in [-0.1, -0.05) is 30.3 Å². The highest BCUT2D eigenvalue weighted by Crippen LogP contribution is 2.13.